The molecule has 4 rings (SSSR count). The highest BCUT2D eigenvalue weighted by Crippen LogP contribution is 2.34. The van der Waals surface area contributed by atoms with Gasteiger partial charge < -0.3 is 9.47 Å². The van der Waals surface area contributed by atoms with Crippen molar-refractivity contribution in [3.05, 3.63) is 53.6 Å². The molecule has 5 nitrogen and oxygen atoms in total. The van der Waals surface area contributed by atoms with Gasteiger partial charge in [0.25, 0.3) is 0 Å². The maximum Gasteiger partial charge on any atom is 0.241 e. The highest BCUT2D eigenvalue weighted by Gasteiger charge is 2.26. The van der Waals surface area contributed by atoms with Crippen LogP contribution in [0.15, 0.2) is 47.4 Å². The summed E-state index contributed by atoms with van der Waals surface area (Å²) in [6.07, 6.45) is 2.78. The summed E-state index contributed by atoms with van der Waals surface area (Å²) in [5, 5.41) is 0. The zero-order valence-electron chi connectivity index (χ0n) is 13.2. The molecule has 126 valence electrons. The van der Waals surface area contributed by atoms with Crippen LogP contribution in [0.3, 0.4) is 0 Å². The summed E-state index contributed by atoms with van der Waals surface area (Å²) in [4.78, 5) is 0.204. The molecule has 0 saturated heterocycles. The Hall–Kier alpha value is -2.05. The van der Waals surface area contributed by atoms with Gasteiger partial charge in [0, 0.05) is 12.1 Å². The molecule has 1 atom stereocenters. The molecule has 6 heteroatoms. The fraction of sp³-hybridized carbons (Fsp3) is 0.333. The third kappa shape index (κ3) is 2.87. The van der Waals surface area contributed by atoms with Gasteiger partial charge in [-0.05, 0) is 42.5 Å². The molecule has 1 aliphatic heterocycles. The lowest BCUT2D eigenvalue weighted by Crippen LogP contribution is -2.31. The normalized spacial score (nSPS) is 19.6. The SMILES string of the molecule is O=S(=O)(N[C@H]1CCCc2ccccc21)c1ccc2c(c1)OCCO2. The number of nitrogens with one attached hydrogen (secondary N) is 1. The number of sulfonamides is 1. The van der Waals surface area contributed by atoms with Gasteiger partial charge >= 0.3 is 0 Å². The van der Waals surface area contributed by atoms with E-state index in [1.807, 2.05) is 18.2 Å². The van der Waals surface area contributed by atoms with Gasteiger partial charge in [0.15, 0.2) is 11.5 Å². The van der Waals surface area contributed by atoms with Crippen LogP contribution in [0, 0.1) is 0 Å². The van der Waals surface area contributed by atoms with Crippen LogP contribution in [0.1, 0.15) is 30.0 Å². The van der Waals surface area contributed by atoms with Crippen LogP contribution in [0.25, 0.3) is 0 Å². The van der Waals surface area contributed by atoms with Gasteiger partial charge in [0.1, 0.15) is 13.2 Å². The van der Waals surface area contributed by atoms with Crippen molar-refractivity contribution < 1.29 is 17.9 Å². The van der Waals surface area contributed by atoms with E-state index in [-0.39, 0.29) is 10.9 Å². The lowest BCUT2D eigenvalue weighted by atomic mass is 9.88. The van der Waals surface area contributed by atoms with E-state index in [0.29, 0.717) is 24.7 Å². The Morgan fingerprint density at radius 3 is 2.67 bits per heavy atom. The first-order valence-corrected chi connectivity index (χ1v) is 9.61. The molecular formula is C18H19NO4S. The molecule has 2 aromatic rings. The third-order valence-corrected chi connectivity index (χ3v) is 5.96. The van der Waals surface area contributed by atoms with Crippen LogP contribution in [0.2, 0.25) is 0 Å². The summed E-state index contributed by atoms with van der Waals surface area (Å²) >= 11 is 0. The van der Waals surface area contributed by atoms with Crippen LogP contribution < -0.4 is 14.2 Å². The number of benzene rings is 2. The van der Waals surface area contributed by atoms with Crippen molar-refractivity contribution in [3.8, 4) is 11.5 Å². The van der Waals surface area contributed by atoms with Crippen molar-refractivity contribution in [2.45, 2.75) is 30.2 Å². The Balaban J connectivity index is 1.62. The standard InChI is InChI=1S/C18H19NO4S/c20-24(21,14-8-9-17-18(12-14)23-11-10-22-17)19-16-7-3-5-13-4-1-2-6-15(13)16/h1-2,4,6,8-9,12,16,19H,3,5,7,10-11H2/t16-/m0/s1. The summed E-state index contributed by atoms with van der Waals surface area (Å²) in [5.41, 5.74) is 2.29. The van der Waals surface area contributed by atoms with E-state index in [0.717, 1.165) is 24.8 Å². The van der Waals surface area contributed by atoms with Crippen molar-refractivity contribution in [1.82, 2.24) is 4.72 Å². The van der Waals surface area contributed by atoms with Crippen LogP contribution in [-0.4, -0.2) is 21.6 Å². The van der Waals surface area contributed by atoms with Crippen molar-refractivity contribution in [2.24, 2.45) is 0 Å². The lowest BCUT2D eigenvalue weighted by molar-refractivity contribution is 0.171. The van der Waals surface area contributed by atoms with Gasteiger partial charge in [0.05, 0.1) is 4.90 Å². The topological polar surface area (TPSA) is 64.6 Å². The van der Waals surface area contributed by atoms with E-state index in [2.05, 4.69) is 10.8 Å². The molecular weight excluding hydrogens is 326 g/mol. The zero-order chi connectivity index (χ0) is 16.6. The Morgan fingerprint density at radius 2 is 1.79 bits per heavy atom. The van der Waals surface area contributed by atoms with Crippen molar-refractivity contribution >= 4 is 10.0 Å². The van der Waals surface area contributed by atoms with Crippen molar-refractivity contribution in [2.75, 3.05) is 13.2 Å². The molecule has 1 N–H and O–H groups in total. The largest absolute Gasteiger partial charge is 0.486 e. The molecule has 2 aromatic carbocycles. The molecule has 24 heavy (non-hydrogen) atoms. The summed E-state index contributed by atoms with van der Waals surface area (Å²) in [6.45, 7) is 0.913. The van der Waals surface area contributed by atoms with E-state index in [4.69, 9.17) is 9.47 Å². The highest BCUT2D eigenvalue weighted by molar-refractivity contribution is 7.89. The summed E-state index contributed by atoms with van der Waals surface area (Å²) in [6, 6.07) is 12.6. The van der Waals surface area contributed by atoms with Gasteiger partial charge in [-0.3, -0.25) is 0 Å². The minimum Gasteiger partial charge on any atom is -0.486 e. The van der Waals surface area contributed by atoms with E-state index < -0.39 is 10.0 Å². The Kier molecular flexibility index (Phi) is 3.94. The first kappa shape index (κ1) is 15.5. The second-order valence-corrected chi connectivity index (χ2v) is 7.78. The maximum absolute atomic E-state index is 12.8. The van der Waals surface area contributed by atoms with Crippen LogP contribution in [-0.2, 0) is 16.4 Å². The number of fused-ring (bicyclic) bond motifs is 2. The number of ether oxygens (including phenoxy) is 2. The molecule has 1 heterocycles. The summed E-state index contributed by atoms with van der Waals surface area (Å²) in [7, 11) is -3.62. The van der Waals surface area contributed by atoms with E-state index in [1.165, 1.54) is 11.6 Å². The molecule has 0 spiro atoms. The molecule has 0 fully saturated rings. The molecule has 2 aliphatic rings. The van der Waals surface area contributed by atoms with Gasteiger partial charge in [-0.15, -0.1) is 0 Å². The first-order valence-electron chi connectivity index (χ1n) is 8.13. The highest BCUT2D eigenvalue weighted by atomic mass is 32.2. The minimum atomic E-state index is -3.62. The number of rotatable bonds is 3. The quantitative estimate of drug-likeness (QED) is 0.929. The molecule has 0 radical (unpaired) electrons. The molecule has 1 aliphatic carbocycles. The molecule has 0 saturated carbocycles. The maximum atomic E-state index is 12.8. The Morgan fingerprint density at radius 1 is 1.00 bits per heavy atom. The Bertz CT molecular complexity index is 863. The van der Waals surface area contributed by atoms with Crippen LogP contribution >= 0.6 is 0 Å². The van der Waals surface area contributed by atoms with Gasteiger partial charge in [0.2, 0.25) is 10.0 Å². The molecule has 0 bridgehead atoms. The average Bonchev–Trinajstić information content (AvgIpc) is 2.61. The second kappa shape index (κ2) is 6.11. The van der Waals surface area contributed by atoms with E-state index in [1.54, 1.807) is 12.1 Å². The predicted octanol–water partition coefficient (Wildman–Crippen LogP) is 2.81. The Labute approximate surface area is 141 Å². The minimum absolute atomic E-state index is 0.187. The van der Waals surface area contributed by atoms with E-state index >= 15 is 0 Å². The average molecular weight is 345 g/mol. The fourth-order valence-electron chi connectivity index (χ4n) is 3.32. The van der Waals surface area contributed by atoms with Gasteiger partial charge in [-0.25, -0.2) is 13.1 Å². The third-order valence-electron chi connectivity index (χ3n) is 4.49. The van der Waals surface area contributed by atoms with Crippen LogP contribution in [0.4, 0.5) is 0 Å². The number of aryl methyl sites for hydroxylation is 1. The number of hydrogen-bond donors (Lipinski definition) is 1. The zero-order valence-corrected chi connectivity index (χ0v) is 14.0. The van der Waals surface area contributed by atoms with Crippen molar-refractivity contribution in [3.63, 3.8) is 0 Å². The fourth-order valence-corrected chi connectivity index (χ4v) is 4.59. The molecule has 0 aromatic heterocycles. The van der Waals surface area contributed by atoms with Crippen molar-refractivity contribution in [1.29, 1.82) is 0 Å². The second-order valence-electron chi connectivity index (χ2n) is 6.07. The number of hydrogen-bond acceptors (Lipinski definition) is 4. The first-order chi connectivity index (χ1) is 11.6. The lowest BCUT2D eigenvalue weighted by Gasteiger charge is -2.26. The van der Waals surface area contributed by atoms with E-state index in [9.17, 15) is 8.42 Å². The smallest absolute Gasteiger partial charge is 0.241 e. The summed E-state index contributed by atoms with van der Waals surface area (Å²) in [5.74, 6) is 1.07. The predicted molar refractivity (Wildman–Crippen MR) is 89.9 cm³/mol. The summed E-state index contributed by atoms with van der Waals surface area (Å²) < 4.78 is 39.4. The monoisotopic (exact) mass is 345 g/mol. The molecule has 0 unspecified atom stereocenters. The van der Waals surface area contributed by atoms with Crippen LogP contribution in [0.5, 0.6) is 11.5 Å². The molecule has 0 amide bonds. The van der Waals surface area contributed by atoms with Gasteiger partial charge in [-0.1, -0.05) is 24.3 Å². The van der Waals surface area contributed by atoms with Gasteiger partial charge in [-0.2, -0.15) is 0 Å².